The number of β-lactam (4-membered cyclic amide) rings is 1. The molecule has 6 rings (SSSR count). The average Bonchev–Trinajstić information content (AvgIpc) is 3.51. The third-order valence-electron chi connectivity index (χ3n) is 7.11. The number of nitrogens with zero attached hydrogens (tertiary/aromatic N) is 4. The number of rotatable bonds is 9. The molecule has 10 nitrogen and oxygen atoms in total. The molecular weight excluding hydrogens is 599 g/mol. The largest absolute Gasteiger partial charge is 0.448 e. The van der Waals surface area contributed by atoms with Gasteiger partial charge in [-0.15, -0.1) is 22.0 Å². The van der Waals surface area contributed by atoms with Crippen molar-refractivity contribution in [2.75, 3.05) is 12.9 Å². The Balaban J connectivity index is 1.31. The topological polar surface area (TPSA) is 123 Å². The van der Waals surface area contributed by atoms with Crippen LogP contribution in [0.3, 0.4) is 0 Å². The summed E-state index contributed by atoms with van der Waals surface area (Å²) in [5.74, 6) is -1.32. The van der Waals surface area contributed by atoms with Crippen molar-refractivity contribution in [3.05, 3.63) is 123 Å². The number of hydrogen-bond donors (Lipinski definition) is 1. The maximum absolute atomic E-state index is 14.1. The van der Waals surface area contributed by atoms with Crippen LogP contribution in [0.25, 0.3) is 5.57 Å². The quantitative estimate of drug-likeness (QED) is 0.126. The Hall–Kier alpha value is -4.81. The zero-order valence-corrected chi connectivity index (χ0v) is 25.4. The lowest BCUT2D eigenvalue weighted by Crippen LogP contribution is -2.71. The van der Waals surface area contributed by atoms with E-state index < -0.39 is 35.3 Å². The predicted octanol–water partition coefficient (Wildman–Crippen LogP) is 4.34. The highest BCUT2D eigenvalue weighted by Gasteiger charge is 2.55. The molecule has 2 aliphatic rings. The second kappa shape index (κ2) is 12.8. The SMILES string of the molecule is CON=C(C(=O)NC1C(=O)N2C(C(=O)OC(c3ccccc3)c3ccccc3)=C(c3nnc(C)s3)CS[C@@H]12)c1ccccc1. The monoisotopic (exact) mass is 625 g/mol. The first kappa shape index (κ1) is 29.3. The second-order valence-corrected chi connectivity index (χ2v) is 12.2. The van der Waals surface area contributed by atoms with Crippen LogP contribution in [-0.4, -0.2) is 62.9 Å². The average molecular weight is 626 g/mol. The van der Waals surface area contributed by atoms with Gasteiger partial charge >= 0.3 is 5.97 Å². The second-order valence-electron chi connectivity index (χ2n) is 9.91. The molecule has 2 aliphatic heterocycles. The summed E-state index contributed by atoms with van der Waals surface area (Å²) in [6, 6.07) is 26.8. The minimum atomic E-state index is -0.891. The molecule has 1 fully saturated rings. The summed E-state index contributed by atoms with van der Waals surface area (Å²) in [6.07, 6.45) is -0.714. The van der Waals surface area contributed by atoms with E-state index in [1.54, 1.807) is 24.3 Å². The number of ether oxygens (including phenoxy) is 1. The lowest BCUT2D eigenvalue weighted by molar-refractivity contribution is -0.154. The van der Waals surface area contributed by atoms with Gasteiger partial charge in [-0.2, -0.15) is 0 Å². The molecule has 1 saturated heterocycles. The van der Waals surface area contributed by atoms with Gasteiger partial charge in [-0.25, -0.2) is 4.79 Å². The normalized spacial score (nSPS) is 18.0. The number of carbonyl (C=O) groups is 3. The minimum Gasteiger partial charge on any atom is -0.448 e. The Morgan fingerprint density at radius 3 is 2.14 bits per heavy atom. The van der Waals surface area contributed by atoms with Gasteiger partial charge in [0.15, 0.2) is 11.8 Å². The number of carbonyl (C=O) groups excluding carboxylic acids is 3. The molecule has 1 N–H and O–H groups in total. The molecule has 2 amide bonds. The molecule has 0 radical (unpaired) electrons. The summed E-state index contributed by atoms with van der Waals surface area (Å²) in [7, 11) is 1.35. The smallest absolute Gasteiger partial charge is 0.356 e. The number of hydrogen-bond acceptors (Lipinski definition) is 10. The Morgan fingerprint density at radius 2 is 1.57 bits per heavy atom. The molecule has 0 bridgehead atoms. The first-order valence-electron chi connectivity index (χ1n) is 13.7. The van der Waals surface area contributed by atoms with Crippen LogP contribution in [0.4, 0.5) is 0 Å². The summed E-state index contributed by atoms with van der Waals surface area (Å²) in [5, 5.41) is 15.8. The summed E-state index contributed by atoms with van der Waals surface area (Å²) in [6.45, 7) is 1.82. The van der Waals surface area contributed by atoms with Gasteiger partial charge < -0.3 is 14.9 Å². The fraction of sp³-hybridized carbons (Fsp3) is 0.188. The van der Waals surface area contributed by atoms with Crippen LogP contribution in [-0.2, 0) is 24.0 Å². The molecule has 2 atom stereocenters. The number of oxime groups is 1. The van der Waals surface area contributed by atoms with Crippen molar-refractivity contribution in [1.82, 2.24) is 20.4 Å². The summed E-state index contributed by atoms with van der Waals surface area (Å²) in [5.41, 5.74) is 2.81. The van der Waals surface area contributed by atoms with E-state index in [-0.39, 0.29) is 11.4 Å². The first-order chi connectivity index (χ1) is 21.5. The molecule has 44 heavy (non-hydrogen) atoms. The van der Waals surface area contributed by atoms with E-state index in [0.29, 0.717) is 21.9 Å². The van der Waals surface area contributed by atoms with Gasteiger partial charge in [-0.3, -0.25) is 14.5 Å². The molecule has 0 aliphatic carbocycles. The number of aromatic nitrogens is 2. The van der Waals surface area contributed by atoms with Gasteiger partial charge in [0.2, 0.25) is 0 Å². The molecule has 1 aromatic heterocycles. The van der Waals surface area contributed by atoms with Crippen LogP contribution >= 0.6 is 23.1 Å². The van der Waals surface area contributed by atoms with Gasteiger partial charge in [0.1, 0.15) is 34.2 Å². The highest BCUT2D eigenvalue weighted by Crippen LogP contribution is 2.44. The van der Waals surface area contributed by atoms with Crippen LogP contribution in [0, 0.1) is 6.92 Å². The van der Waals surface area contributed by atoms with E-state index in [4.69, 9.17) is 9.57 Å². The molecule has 3 heterocycles. The Kier molecular flexibility index (Phi) is 8.53. The first-order valence-corrected chi connectivity index (χ1v) is 15.6. The number of esters is 1. The molecule has 0 spiro atoms. The van der Waals surface area contributed by atoms with E-state index >= 15 is 0 Å². The van der Waals surface area contributed by atoms with E-state index in [1.807, 2.05) is 73.7 Å². The fourth-order valence-corrected chi connectivity index (χ4v) is 7.23. The minimum absolute atomic E-state index is 0.0360. The van der Waals surface area contributed by atoms with Crippen molar-refractivity contribution in [3.8, 4) is 0 Å². The van der Waals surface area contributed by atoms with Crippen molar-refractivity contribution in [2.24, 2.45) is 5.16 Å². The van der Waals surface area contributed by atoms with Gasteiger partial charge in [-0.1, -0.05) is 107 Å². The van der Waals surface area contributed by atoms with E-state index in [2.05, 4.69) is 20.7 Å². The molecular formula is C32H27N5O5S2. The van der Waals surface area contributed by atoms with Crippen LogP contribution < -0.4 is 5.32 Å². The van der Waals surface area contributed by atoms with Crippen LogP contribution in [0.1, 0.15) is 32.8 Å². The summed E-state index contributed by atoms with van der Waals surface area (Å²) >= 11 is 2.76. The molecule has 0 saturated carbocycles. The van der Waals surface area contributed by atoms with E-state index in [1.165, 1.54) is 35.1 Å². The lowest BCUT2D eigenvalue weighted by Gasteiger charge is -2.49. The maximum atomic E-state index is 14.1. The predicted molar refractivity (Wildman–Crippen MR) is 167 cm³/mol. The molecule has 222 valence electrons. The molecule has 4 aromatic rings. The zero-order chi connectivity index (χ0) is 30.6. The Labute approximate surface area is 261 Å². The molecule has 3 aromatic carbocycles. The number of aryl methyl sites for hydroxylation is 1. The van der Waals surface area contributed by atoms with Crippen molar-refractivity contribution in [1.29, 1.82) is 0 Å². The van der Waals surface area contributed by atoms with Gasteiger partial charge in [0.25, 0.3) is 11.8 Å². The van der Waals surface area contributed by atoms with Crippen LogP contribution in [0.5, 0.6) is 0 Å². The number of thioether (sulfide) groups is 1. The fourth-order valence-electron chi connectivity index (χ4n) is 5.06. The Bertz CT molecular complexity index is 1700. The van der Waals surface area contributed by atoms with Crippen molar-refractivity contribution in [2.45, 2.75) is 24.4 Å². The van der Waals surface area contributed by atoms with Crippen molar-refractivity contribution < 1.29 is 24.0 Å². The highest BCUT2D eigenvalue weighted by molar-refractivity contribution is 8.00. The molecule has 1 unspecified atom stereocenters. The summed E-state index contributed by atoms with van der Waals surface area (Å²) in [4.78, 5) is 47.5. The zero-order valence-electron chi connectivity index (χ0n) is 23.7. The van der Waals surface area contributed by atoms with Gasteiger partial charge in [-0.05, 0) is 18.1 Å². The van der Waals surface area contributed by atoms with Crippen molar-refractivity contribution in [3.63, 3.8) is 0 Å². The van der Waals surface area contributed by atoms with Crippen LogP contribution in [0.2, 0.25) is 0 Å². The third-order valence-corrected chi connectivity index (χ3v) is 9.29. The standard InChI is InChI=1S/C32H27N5O5S2/c1-19-34-35-29(44-19)23-18-43-31-25(33-28(38)24(36-41-2)20-12-6-3-7-13-20)30(39)37(31)26(23)32(40)42-27(21-14-8-4-9-15-21)22-16-10-5-11-17-22/h3-17,25,27,31H,18H2,1-2H3,(H,33,38)/t25?,31-/m0/s1. The molecule has 12 heteroatoms. The van der Waals surface area contributed by atoms with E-state index in [9.17, 15) is 14.4 Å². The number of benzene rings is 3. The third kappa shape index (κ3) is 5.73. The van der Waals surface area contributed by atoms with E-state index in [0.717, 1.165) is 16.1 Å². The Morgan fingerprint density at radius 1 is 0.955 bits per heavy atom. The lowest BCUT2D eigenvalue weighted by atomic mass is 10.0. The van der Waals surface area contributed by atoms with Crippen molar-refractivity contribution >= 4 is 52.2 Å². The van der Waals surface area contributed by atoms with Gasteiger partial charge in [0.05, 0.1) is 0 Å². The number of fused-ring (bicyclic) bond motifs is 1. The maximum Gasteiger partial charge on any atom is 0.356 e. The number of amides is 2. The van der Waals surface area contributed by atoms with Gasteiger partial charge in [0, 0.05) is 16.9 Å². The highest BCUT2D eigenvalue weighted by atomic mass is 32.2. The summed E-state index contributed by atoms with van der Waals surface area (Å²) < 4.78 is 6.20. The number of nitrogens with one attached hydrogen (secondary N) is 1. The van der Waals surface area contributed by atoms with Crippen LogP contribution in [0.15, 0.2) is 102 Å².